The van der Waals surface area contributed by atoms with Crippen molar-refractivity contribution in [1.29, 1.82) is 0 Å². The van der Waals surface area contributed by atoms with Crippen LogP contribution in [0.2, 0.25) is 0 Å². The first-order valence-corrected chi connectivity index (χ1v) is 8.91. The molecule has 0 amide bonds. The van der Waals surface area contributed by atoms with Gasteiger partial charge in [0.25, 0.3) is 0 Å². The van der Waals surface area contributed by atoms with Crippen molar-refractivity contribution in [2.24, 2.45) is 0 Å². The number of hydrogen-bond acceptors (Lipinski definition) is 3. The molecule has 2 aromatic carbocycles. The third-order valence-corrected chi connectivity index (χ3v) is 5.16. The van der Waals surface area contributed by atoms with E-state index in [1.807, 2.05) is 47.3 Å². The van der Waals surface area contributed by atoms with Crippen LogP contribution in [0.5, 0.6) is 0 Å². The van der Waals surface area contributed by atoms with E-state index in [4.69, 9.17) is 0 Å². The second-order valence-corrected chi connectivity index (χ2v) is 6.90. The maximum absolute atomic E-state index is 13.4. The summed E-state index contributed by atoms with van der Waals surface area (Å²) in [5.74, 6) is 0.0927. The maximum atomic E-state index is 13.4. The number of fused-ring (bicyclic) bond motifs is 1. The SMILES string of the molecule is O=C1/C(=C\c2cnn(Cc3ccccc3)c2)CSc2ccc(F)cc21. The molecule has 0 saturated heterocycles. The number of thioether (sulfide) groups is 1. The Morgan fingerprint density at radius 3 is 2.88 bits per heavy atom. The highest BCUT2D eigenvalue weighted by atomic mass is 32.2. The lowest BCUT2D eigenvalue weighted by Gasteiger charge is -2.16. The van der Waals surface area contributed by atoms with E-state index < -0.39 is 0 Å². The maximum Gasteiger partial charge on any atom is 0.191 e. The second-order valence-electron chi connectivity index (χ2n) is 5.88. The average molecular weight is 350 g/mol. The molecule has 2 heterocycles. The van der Waals surface area contributed by atoms with Gasteiger partial charge in [0.1, 0.15) is 5.82 Å². The lowest BCUT2D eigenvalue weighted by atomic mass is 10.0. The van der Waals surface area contributed by atoms with Gasteiger partial charge in [-0.15, -0.1) is 11.8 Å². The molecule has 0 spiro atoms. The quantitative estimate of drug-likeness (QED) is 0.655. The summed E-state index contributed by atoms with van der Waals surface area (Å²) in [6.07, 6.45) is 5.51. The number of halogens is 1. The number of carbonyl (C=O) groups is 1. The summed E-state index contributed by atoms with van der Waals surface area (Å²) in [4.78, 5) is 13.4. The summed E-state index contributed by atoms with van der Waals surface area (Å²) >= 11 is 1.55. The van der Waals surface area contributed by atoms with Crippen molar-refractivity contribution in [2.75, 3.05) is 5.75 Å². The Bertz CT molecular complexity index is 963. The molecule has 4 rings (SSSR count). The fraction of sp³-hybridized carbons (Fsp3) is 0.100. The Morgan fingerprint density at radius 1 is 1.20 bits per heavy atom. The van der Waals surface area contributed by atoms with Crippen molar-refractivity contribution >= 4 is 23.6 Å². The molecule has 1 aliphatic heterocycles. The number of aromatic nitrogens is 2. The Morgan fingerprint density at radius 2 is 2.04 bits per heavy atom. The first-order chi connectivity index (χ1) is 12.2. The highest BCUT2D eigenvalue weighted by Crippen LogP contribution is 2.33. The summed E-state index contributed by atoms with van der Waals surface area (Å²) in [5.41, 5.74) is 3.15. The van der Waals surface area contributed by atoms with Crippen molar-refractivity contribution < 1.29 is 9.18 Å². The van der Waals surface area contributed by atoms with Crippen molar-refractivity contribution in [2.45, 2.75) is 11.4 Å². The molecule has 1 aromatic heterocycles. The second kappa shape index (κ2) is 6.69. The molecule has 0 atom stereocenters. The van der Waals surface area contributed by atoms with Crippen molar-refractivity contribution in [3.05, 3.63) is 89.0 Å². The lowest BCUT2D eigenvalue weighted by molar-refractivity contribution is 0.103. The standard InChI is InChI=1S/C20H15FN2OS/c21-17-6-7-19-18(9-17)20(24)16(13-25-19)8-15-10-22-23(12-15)11-14-4-2-1-3-5-14/h1-10,12H,11,13H2/b16-8-. The van der Waals surface area contributed by atoms with Crippen LogP contribution in [0.25, 0.3) is 6.08 Å². The van der Waals surface area contributed by atoms with E-state index in [0.29, 0.717) is 23.4 Å². The molecule has 3 nitrogen and oxygen atoms in total. The molecule has 0 unspecified atom stereocenters. The van der Waals surface area contributed by atoms with Gasteiger partial charge in [-0.1, -0.05) is 30.3 Å². The van der Waals surface area contributed by atoms with Crippen LogP contribution in [0.1, 0.15) is 21.5 Å². The first-order valence-electron chi connectivity index (χ1n) is 7.93. The molecule has 0 fully saturated rings. The Kier molecular flexibility index (Phi) is 4.24. The highest BCUT2D eigenvalue weighted by molar-refractivity contribution is 7.99. The molecule has 0 saturated carbocycles. The van der Waals surface area contributed by atoms with E-state index in [2.05, 4.69) is 5.10 Å². The van der Waals surface area contributed by atoms with Gasteiger partial charge in [0, 0.05) is 33.5 Å². The van der Waals surface area contributed by atoms with Crippen LogP contribution in [0.15, 0.2) is 71.4 Å². The molecule has 5 heteroatoms. The highest BCUT2D eigenvalue weighted by Gasteiger charge is 2.23. The van der Waals surface area contributed by atoms with Gasteiger partial charge in [-0.2, -0.15) is 5.10 Å². The van der Waals surface area contributed by atoms with Gasteiger partial charge in [-0.25, -0.2) is 4.39 Å². The van der Waals surface area contributed by atoms with Gasteiger partial charge >= 0.3 is 0 Å². The number of hydrogen-bond donors (Lipinski definition) is 0. The fourth-order valence-corrected chi connectivity index (χ4v) is 3.82. The molecular formula is C20H15FN2OS. The summed E-state index contributed by atoms with van der Waals surface area (Å²) < 4.78 is 15.3. The molecule has 1 aliphatic rings. The van der Waals surface area contributed by atoms with E-state index in [1.54, 1.807) is 24.0 Å². The zero-order valence-corrected chi connectivity index (χ0v) is 14.2. The predicted octanol–water partition coefficient (Wildman–Crippen LogP) is 4.44. The van der Waals surface area contributed by atoms with Crippen molar-refractivity contribution in [1.82, 2.24) is 9.78 Å². The largest absolute Gasteiger partial charge is 0.289 e. The average Bonchev–Trinajstić information content (AvgIpc) is 3.06. The molecule has 0 bridgehead atoms. The third kappa shape index (κ3) is 3.42. The van der Waals surface area contributed by atoms with Crippen LogP contribution in [0.3, 0.4) is 0 Å². The zero-order chi connectivity index (χ0) is 17.2. The molecule has 3 aromatic rings. The van der Waals surface area contributed by atoms with Crippen LogP contribution in [-0.2, 0) is 6.54 Å². The Labute approximate surface area is 149 Å². The van der Waals surface area contributed by atoms with Crippen molar-refractivity contribution in [3.63, 3.8) is 0 Å². The third-order valence-electron chi connectivity index (χ3n) is 4.04. The van der Waals surface area contributed by atoms with Gasteiger partial charge < -0.3 is 0 Å². The van der Waals surface area contributed by atoms with Crippen LogP contribution in [0.4, 0.5) is 4.39 Å². The minimum atomic E-state index is -0.385. The molecular weight excluding hydrogens is 335 g/mol. The van der Waals surface area contributed by atoms with Crippen LogP contribution in [-0.4, -0.2) is 21.3 Å². The molecule has 0 N–H and O–H groups in total. The molecule has 0 radical (unpaired) electrons. The Balaban J connectivity index is 1.56. The Hall–Kier alpha value is -2.66. The van der Waals surface area contributed by atoms with Gasteiger partial charge in [0.05, 0.1) is 12.7 Å². The normalized spacial score (nSPS) is 15.4. The van der Waals surface area contributed by atoms with Crippen LogP contribution in [0, 0.1) is 5.82 Å². The predicted molar refractivity (Wildman–Crippen MR) is 97.2 cm³/mol. The van der Waals surface area contributed by atoms with Gasteiger partial charge in [-0.05, 0) is 29.8 Å². The summed E-state index contributed by atoms with van der Waals surface area (Å²) in [5, 5.41) is 4.35. The number of nitrogens with zero attached hydrogens (tertiary/aromatic N) is 2. The lowest BCUT2D eigenvalue weighted by Crippen LogP contribution is -2.12. The van der Waals surface area contributed by atoms with Gasteiger partial charge in [-0.3, -0.25) is 9.48 Å². The van der Waals surface area contributed by atoms with Crippen LogP contribution < -0.4 is 0 Å². The van der Waals surface area contributed by atoms with E-state index in [1.165, 1.54) is 17.7 Å². The topological polar surface area (TPSA) is 34.9 Å². The minimum absolute atomic E-state index is 0.107. The minimum Gasteiger partial charge on any atom is -0.289 e. The first kappa shape index (κ1) is 15.8. The molecule has 124 valence electrons. The number of carbonyl (C=O) groups excluding carboxylic acids is 1. The zero-order valence-electron chi connectivity index (χ0n) is 13.4. The van der Waals surface area contributed by atoms with E-state index in [0.717, 1.165) is 10.5 Å². The van der Waals surface area contributed by atoms with E-state index in [-0.39, 0.29) is 11.6 Å². The number of Topliss-reactive ketones (excluding diaryl/α,β-unsaturated/α-hetero) is 1. The molecule has 25 heavy (non-hydrogen) atoms. The van der Waals surface area contributed by atoms with Gasteiger partial charge in [0.15, 0.2) is 5.78 Å². The van der Waals surface area contributed by atoms with E-state index in [9.17, 15) is 9.18 Å². The monoisotopic (exact) mass is 350 g/mol. The number of benzene rings is 2. The van der Waals surface area contributed by atoms with Crippen LogP contribution >= 0.6 is 11.8 Å². The summed E-state index contributed by atoms with van der Waals surface area (Å²) in [7, 11) is 0. The summed E-state index contributed by atoms with van der Waals surface area (Å²) in [6, 6.07) is 14.4. The van der Waals surface area contributed by atoms with Gasteiger partial charge in [0.2, 0.25) is 0 Å². The van der Waals surface area contributed by atoms with Crippen molar-refractivity contribution in [3.8, 4) is 0 Å². The smallest absolute Gasteiger partial charge is 0.191 e. The van der Waals surface area contributed by atoms with E-state index >= 15 is 0 Å². The molecule has 0 aliphatic carbocycles. The number of rotatable bonds is 3. The summed E-state index contributed by atoms with van der Waals surface area (Å²) in [6.45, 7) is 0.681. The number of ketones is 1. The fourth-order valence-electron chi connectivity index (χ4n) is 2.82.